The highest BCUT2D eigenvalue weighted by Crippen LogP contribution is 2.17. The Morgan fingerprint density at radius 3 is 2.11 bits per heavy atom. The van der Waals surface area contributed by atoms with E-state index in [1.165, 1.54) is 5.56 Å². The largest absolute Gasteiger partial charge is 0.354 e. The van der Waals surface area contributed by atoms with Crippen molar-refractivity contribution < 1.29 is 8.42 Å². The average molecular weight is 409 g/mol. The van der Waals surface area contributed by atoms with E-state index in [0.29, 0.717) is 12.1 Å². The molecule has 6 nitrogen and oxygen atoms in total. The van der Waals surface area contributed by atoms with Gasteiger partial charge in [-0.3, -0.25) is 9.71 Å². The molecule has 0 spiro atoms. The molecular weight excluding hydrogens is 384 g/mol. The van der Waals surface area contributed by atoms with Crippen molar-refractivity contribution in [1.29, 1.82) is 0 Å². The SMILES string of the molecule is CCCS(=O)(=O)Nc1ccc(Cc2ccc(NC3=NCCN3)cc2)cc1.Cl. The summed E-state index contributed by atoms with van der Waals surface area (Å²) in [7, 11) is -3.24. The Balaban J connectivity index is 0.00000261. The number of guanidine groups is 1. The topological polar surface area (TPSA) is 82.6 Å². The van der Waals surface area contributed by atoms with Crippen LogP contribution in [-0.4, -0.2) is 33.2 Å². The van der Waals surface area contributed by atoms with Gasteiger partial charge in [0, 0.05) is 17.9 Å². The smallest absolute Gasteiger partial charge is 0.232 e. The van der Waals surface area contributed by atoms with Gasteiger partial charge in [0.25, 0.3) is 0 Å². The van der Waals surface area contributed by atoms with E-state index in [-0.39, 0.29) is 18.2 Å². The highest BCUT2D eigenvalue weighted by Gasteiger charge is 2.08. The molecule has 3 rings (SSSR count). The monoisotopic (exact) mass is 408 g/mol. The maximum Gasteiger partial charge on any atom is 0.232 e. The third-order valence-corrected chi connectivity index (χ3v) is 5.49. The molecule has 0 saturated heterocycles. The molecule has 0 amide bonds. The molecule has 1 aliphatic heterocycles. The molecule has 0 radical (unpaired) electrons. The quantitative estimate of drug-likeness (QED) is 0.656. The van der Waals surface area contributed by atoms with Crippen molar-refractivity contribution in [3.8, 4) is 0 Å². The van der Waals surface area contributed by atoms with Crippen LogP contribution in [0.4, 0.5) is 11.4 Å². The van der Waals surface area contributed by atoms with Gasteiger partial charge in [0.2, 0.25) is 10.0 Å². The molecule has 3 N–H and O–H groups in total. The fraction of sp³-hybridized carbons (Fsp3) is 0.316. The summed E-state index contributed by atoms with van der Waals surface area (Å²) in [5.74, 6) is 0.954. The first-order valence-electron chi connectivity index (χ1n) is 8.78. The van der Waals surface area contributed by atoms with Crippen LogP contribution >= 0.6 is 12.4 Å². The molecule has 0 atom stereocenters. The second-order valence-corrected chi connectivity index (χ2v) is 8.12. The van der Waals surface area contributed by atoms with Crippen LogP contribution in [0, 0.1) is 0 Å². The summed E-state index contributed by atoms with van der Waals surface area (Å²) in [5.41, 5.74) is 3.93. The molecular formula is C19H25ClN4O2S. The lowest BCUT2D eigenvalue weighted by Crippen LogP contribution is -2.26. The maximum absolute atomic E-state index is 11.8. The normalized spacial score (nSPS) is 13.3. The van der Waals surface area contributed by atoms with E-state index in [2.05, 4.69) is 32.5 Å². The van der Waals surface area contributed by atoms with Crippen molar-refractivity contribution in [3.05, 3.63) is 59.7 Å². The molecule has 8 heteroatoms. The zero-order valence-electron chi connectivity index (χ0n) is 15.2. The Hall–Kier alpha value is -2.25. The molecule has 0 unspecified atom stereocenters. The van der Waals surface area contributed by atoms with Crippen LogP contribution in [0.3, 0.4) is 0 Å². The third-order valence-electron chi connectivity index (χ3n) is 4.00. The first-order chi connectivity index (χ1) is 12.5. The van der Waals surface area contributed by atoms with Crippen molar-refractivity contribution >= 4 is 39.8 Å². The molecule has 0 fully saturated rings. The Morgan fingerprint density at radius 2 is 1.59 bits per heavy atom. The zero-order chi connectivity index (χ0) is 18.4. The van der Waals surface area contributed by atoms with Crippen molar-refractivity contribution in [2.75, 3.05) is 28.9 Å². The van der Waals surface area contributed by atoms with Crippen molar-refractivity contribution in [2.24, 2.45) is 4.99 Å². The molecule has 146 valence electrons. The van der Waals surface area contributed by atoms with Crippen molar-refractivity contribution in [2.45, 2.75) is 19.8 Å². The molecule has 1 heterocycles. The second kappa shape index (κ2) is 9.62. The Kier molecular flexibility index (Phi) is 7.50. The lowest BCUT2D eigenvalue weighted by molar-refractivity contribution is 0.600. The Bertz CT molecular complexity index is 866. The van der Waals surface area contributed by atoms with Gasteiger partial charge in [-0.1, -0.05) is 31.2 Å². The lowest BCUT2D eigenvalue weighted by Gasteiger charge is -2.09. The molecule has 0 aliphatic carbocycles. The fourth-order valence-electron chi connectivity index (χ4n) is 2.75. The Morgan fingerprint density at radius 1 is 1.00 bits per heavy atom. The highest BCUT2D eigenvalue weighted by molar-refractivity contribution is 7.92. The number of halogens is 1. The van der Waals surface area contributed by atoms with Gasteiger partial charge in [0.05, 0.1) is 12.3 Å². The van der Waals surface area contributed by atoms with Crippen LogP contribution in [0.2, 0.25) is 0 Å². The van der Waals surface area contributed by atoms with Crippen LogP contribution in [0.15, 0.2) is 53.5 Å². The summed E-state index contributed by atoms with van der Waals surface area (Å²) in [6, 6.07) is 15.7. The summed E-state index contributed by atoms with van der Waals surface area (Å²) in [4.78, 5) is 4.31. The molecule has 0 aromatic heterocycles. The minimum absolute atomic E-state index is 0. The van der Waals surface area contributed by atoms with Gasteiger partial charge in [-0.25, -0.2) is 8.42 Å². The number of benzene rings is 2. The van der Waals surface area contributed by atoms with E-state index in [9.17, 15) is 8.42 Å². The molecule has 0 bridgehead atoms. The zero-order valence-corrected chi connectivity index (χ0v) is 16.9. The molecule has 2 aromatic carbocycles. The summed E-state index contributed by atoms with van der Waals surface area (Å²) < 4.78 is 26.2. The second-order valence-electron chi connectivity index (χ2n) is 6.27. The van der Waals surface area contributed by atoms with E-state index in [4.69, 9.17) is 0 Å². The number of aliphatic imine (C=N–C) groups is 1. The number of anilines is 2. The van der Waals surface area contributed by atoms with Crippen molar-refractivity contribution in [3.63, 3.8) is 0 Å². The van der Waals surface area contributed by atoms with Gasteiger partial charge in [-0.05, 0) is 48.2 Å². The highest BCUT2D eigenvalue weighted by atomic mass is 35.5. The summed E-state index contributed by atoms with van der Waals surface area (Å²) in [6.07, 6.45) is 1.39. The molecule has 27 heavy (non-hydrogen) atoms. The number of sulfonamides is 1. The van der Waals surface area contributed by atoms with E-state index in [1.807, 2.05) is 43.3 Å². The van der Waals surface area contributed by atoms with Gasteiger partial charge in [0.1, 0.15) is 0 Å². The number of hydrogen-bond donors (Lipinski definition) is 3. The Labute approximate surface area is 166 Å². The first-order valence-corrected chi connectivity index (χ1v) is 10.4. The molecule has 0 saturated carbocycles. The van der Waals surface area contributed by atoms with Crippen LogP contribution < -0.4 is 15.4 Å². The maximum atomic E-state index is 11.8. The number of nitrogens with zero attached hydrogens (tertiary/aromatic N) is 1. The molecule has 2 aromatic rings. The average Bonchev–Trinajstić information content (AvgIpc) is 3.11. The van der Waals surface area contributed by atoms with Gasteiger partial charge in [0.15, 0.2) is 5.96 Å². The minimum atomic E-state index is -3.24. The van der Waals surface area contributed by atoms with E-state index in [1.54, 1.807) is 0 Å². The minimum Gasteiger partial charge on any atom is -0.354 e. The third kappa shape index (κ3) is 6.45. The van der Waals surface area contributed by atoms with E-state index in [0.717, 1.165) is 36.7 Å². The van der Waals surface area contributed by atoms with Gasteiger partial charge in [-0.15, -0.1) is 12.4 Å². The van der Waals surface area contributed by atoms with Gasteiger partial charge >= 0.3 is 0 Å². The standard InChI is InChI=1S/C19H24N4O2S.ClH/c1-2-13-26(24,25)23-18-9-5-16(6-10-18)14-15-3-7-17(8-4-15)22-19-20-11-12-21-19;/h3-10,23H,2,11-14H2,1H3,(H2,20,21,22);1H. The predicted octanol–water partition coefficient (Wildman–Crippen LogP) is 3.22. The fourth-order valence-corrected chi connectivity index (χ4v) is 3.88. The number of rotatable bonds is 7. The van der Waals surface area contributed by atoms with Crippen LogP contribution in [0.25, 0.3) is 0 Å². The van der Waals surface area contributed by atoms with Gasteiger partial charge in [-0.2, -0.15) is 0 Å². The first kappa shape index (κ1) is 21.1. The number of hydrogen-bond acceptors (Lipinski definition) is 5. The predicted molar refractivity (Wildman–Crippen MR) is 115 cm³/mol. The van der Waals surface area contributed by atoms with E-state index < -0.39 is 10.0 Å². The van der Waals surface area contributed by atoms with E-state index >= 15 is 0 Å². The van der Waals surface area contributed by atoms with Gasteiger partial charge < -0.3 is 10.6 Å². The summed E-state index contributed by atoms with van der Waals surface area (Å²) >= 11 is 0. The van der Waals surface area contributed by atoms with Crippen LogP contribution in [0.5, 0.6) is 0 Å². The van der Waals surface area contributed by atoms with Crippen LogP contribution in [0.1, 0.15) is 24.5 Å². The summed E-state index contributed by atoms with van der Waals surface area (Å²) in [5, 5.41) is 6.42. The molecule has 1 aliphatic rings. The summed E-state index contributed by atoms with van der Waals surface area (Å²) in [6.45, 7) is 3.54. The van der Waals surface area contributed by atoms with Crippen molar-refractivity contribution in [1.82, 2.24) is 5.32 Å². The number of nitrogens with one attached hydrogen (secondary N) is 3. The van der Waals surface area contributed by atoms with Crippen LogP contribution in [-0.2, 0) is 16.4 Å². The lowest BCUT2D eigenvalue weighted by atomic mass is 10.0.